The molecule has 0 spiro atoms. The second-order valence-corrected chi connectivity index (χ2v) is 5.53. The zero-order chi connectivity index (χ0) is 14.4. The maximum atomic E-state index is 4.44. The Bertz CT molecular complexity index is 392. The van der Waals surface area contributed by atoms with Crippen molar-refractivity contribution in [3.05, 3.63) is 17.8 Å². The third-order valence-electron chi connectivity index (χ3n) is 3.93. The zero-order valence-corrected chi connectivity index (χ0v) is 13.0. The largest absolute Gasteiger partial charge is 0.351 e. The second kappa shape index (κ2) is 7.55. The highest BCUT2D eigenvalue weighted by Crippen LogP contribution is 2.19. The molecule has 1 N–H and O–H groups in total. The molecule has 1 saturated heterocycles. The molecule has 2 rings (SSSR count). The van der Waals surface area contributed by atoms with E-state index in [0.717, 1.165) is 44.1 Å². The van der Waals surface area contributed by atoms with Crippen LogP contribution in [0, 0.1) is 0 Å². The SMILES string of the molecule is CCNCc1ccc(N2CCCN(C)CC2CC)nn1. The summed E-state index contributed by atoms with van der Waals surface area (Å²) in [6.45, 7) is 9.45. The van der Waals surface area contributed by atoms with E-state index in [9.17, 15) is 0 Å². The Morgan fingerprint density at radius 1 is 1.25 bits per heavy atom. The summed E-state index contributed by atoms with van der Waals surface area (Å²) < 4.78 is 0. The highest BCUT2D eigenvalue weighted by Gasteiger charge is 2.23. The van der Waals surface area contributed by atoms with Crippen molar-refractivity contribution in [2.45, 2.75) is 39.3 Å². The molecule has 0 aromatic carbocycles. The van der Waals surface area contributed by atoms with Gasteiger partial charge in [0.15, 0.2) is 5.82 Å². The lowest BCUT2D eigenvalue weighted by atomic mass is 10.2. The lowest BCUT2D eigenvalue weighted by Gasteiger charge is -2.30. The predicted octanol–water partition coefficient (Wildman–Crippen LogP) is 1.51. The Morgan fingerprint density at radius 2 is 2.10 bits per heavy atom. The smallest absolute Gasteiger partial charge is 0.151 e. The van der Waals surface area contributed by atoms with Crippen LogP contribution in [0.1, 0.15) is 32.4 Å². The summed E-state index contributed by atoms with van der Waals surface area (Å²) in [6, 6.07) is 4.75. The van der Waals surface area contributed by atoms with Gasteiger partial charge < -0.3 is 15.1 Å². The zero-order valence-electron chi connectivity index (χ0n) is 13.0. The first-order chi connectivity index (χ1) is 9.74. The van der Waals surface area contributed by atoms with Gasteiger partial charge in [-0.2, -0.15) is 5.10 Å². The number of hydrogen-bond acceptors (Lipinski definition) is 5. The molecule has 0 amide bonds. The number of likely N-dealkylation sites (N-methyl/N-ethyl adjacent to an activating group) is 1. The Hall–Kier alpha value is -1.20. The van der Waals surface area contributed by atoms with Gasteiger partial charge in [0.1, 0.15) is 0 Å². The van der Waals surface area contributed by atoms with Gasteiger partial charge in [0.2, 0.25) is 0 Å². The summed E-state index contributed by atoms with van der Waals surface area (Å²) in [5, 5.41) is 12.1. The van der Waals surface area contributed by atoms with Crippen LogP contribution in [-0.2, 0) is 6.54 Å². The van der Waals surface area contributed by atoms with Crippen LogP contribution in [0.3, 0.4) is 0 Å². The van der Waals surface area contributed by atoms with E-state index < -0.39 is 0 Å². The minimum absolute atomic E-state index is 0.538. The van der Waals surface area contributed by atoms with Crippen molar-refractivity contribution < 1.29 is 0 Å². The minimum Gasteiger partial charge on any atom is -0.351 e. The summed E-state index contributed by atoms with van der Waals surface area (Å²) in [4.78, 5) is 4.84. The Morgan fingerprint density at radius 3 is 2.75 bits per heavy atom. The fourth-order valence-corrected chi connectivity index (χ4v) is 2.75. The Balaban J connectivity index is 2.07. The normalized spacial score (nSPS) is 20.9. The molecular formula is C15H27N5. The standard InChI is InChI=1S/C15H27N5/c1-4-14-12-19(3)9-6-10-20(14)15-8-7-13(17-18-15)11-16-5-2/h7-8,14,16H,4-6,9-12H2,1-3H3. The highest BCUT2D eigenvalue weighted by molar-refractivity contribution is 5.39. The van der Waals surface area contributed by atoms with Crippen LogP contribution in [-0.4, -0.2) is 54.4 Å². The van der Waals surface area contributed by atoms with Crippen LogP contribution < -0.4 is 10.2 Å². The molecule has 5 heteroatoms. The lowest BCUT2D eigenvalue weighted by molar-refractivity contribution is 0.327. The van der Waals surface area contributed by atoms with E-state index in [0.29, 0.717) is 6.04 Å². The van der Waals surface area contributed by atoms with Crippen molar-refractivity contribution in [2.24, 2.45) is 0 Å². The molecule has 1 aliphatic heterocycles. The number of anilines is 1. The van der Waals surface area contributed by atoms with Crippen LogP contribution >= 0.6 is 0 Å². The number of nitrogens with one attached hydrogen (secondary N) is 1. The number of hydrogen-bond donors (Lipinski definition) is 1. The molecule has 1 atom stereocenters. The van der Waals surface area contributed by atoms with Gasteiger partial charge in [0.25, 0.3) is 0 Å². The Labute approximate surface area is 122 Å². The van der Waals surface area contributed by atoms with E-state index in [1.165, 1.54) is 13.0 Å². The third kappa shape index (κ3) is 3.90. The van der Waals surface area contributed by atoms with Gasteiger partial charge in [-0.1, -0.05) is 13.8 Å². The van der Waals surface area contributed by atoms with Crippen LogP contribution in [0.15, 0.2) is 12.1 Å². The molecule has 0 saturated carbocycles. The average molecular weight is 277 g/mol. The predicted molar refractivity (Wildman–Crippen MR) is 83.0 cm³/mol. The quantitative estimate of drug-likeness (QED) is 0.884. The molecule has 2 heterocycles. The average Bonchev–Trinajstić information content (AvgIpc) is 2.67. The maximum absolute atomic E-state index is 4.44. The third-order valence-corrected chi connectivity index (χ3v) is 3.93. The van der Waals surface area contributed by atoms with Gasteiger partial charge in [0, 0.05) is 25.7 Å². The molecule has 112 valence electrons. The van der Waals surface area contributed by atoms with Crippen molar-refractivity contribution in [3.63, 3.8) is 0 Å². The van der Waals surface area contributed by atoms with E-state index in [4.69, 9.17) is 0 Å². The molecule has 1 aromatic heterocycles. The van der Waals surface area contributed by atoms with Crippen LogP contribution in [0.4, 0.5) is 5.82 Å². The highest BCUT2D eigenvalue weighted by atomic mass is 15.3. The lowest BCUT2D eigenvalue weighted by Crippen LogP contribution is -2.40. The molecule has 0 aliphatic carbocycles. The van der Waals surface area contributed by atoms with Crippen LogP contribution in [0.25, 0.3) is 0 Å². The summed E-state index contributed by atoms with van der Waals surface area (Å²) in [7, 11) is 2.21. The second-order valence-electron chi connectivity index (χ2n) is 5.53. The van der Waals surface area contributed by atoms with E-state index >= 15 is 0 Å². The molecule has 1 unspecified atom stereocenters. The van der Waals surface area contributed by atoms with Gasteiger partial charge in [-0.15, -0.1) is 5.10 Å². The Kier molecular flexibility index (Phi) is 5.73. The molecule has 5 nitrogen and oxygen atoms in total. The van der Waals surface area contributed by atoms with E-state index in [1.807, 2.05) is 0 Å². The van der Waals surface area contributed by atoms with Crippen LogP contribution in [0.5, 0.6) is 0 Å². The van der Waals surface area contributed by atoms with Gasteiger partial charge in [-0.05, 0) is 45.1 Å². The van der Waals surface area contributed by atoms with E-state index in [2.05, 4.69) is 58.3 Å². The van der Waals surface area contributed by atoms with Crippen molar-refractivity contribution in [2.75, 3.05) is 38.1 Å². The molecule has 1 aliphatic rings. The summed E-state index contributed by atoms with van der Waals surface area (Å²) in [5.41, 5.74) is 1.01. The number of rotatable bonds is 5. The van der Waals surface area contributed by atoms with Crippen molar-refractivity contribution >= 4 is 5.82 Å². The van der Waals surface area contributed by atoms with Crippen LogP contribution in [0.2, 0.25) is 0 Å². The fourth-order valence-electron chi connectivity index (χ4n) is 2.75. The maximum Gasteiger partial charge on any atom is 0.151 e. The van der Waals surface area contributed by atoms with E-state index in [1.54, 1.807) is 0 Å². The molecule has 1 aromatic rings. The number of aromatic nitrogens is 2. The van der Waals surface area contributed by atoms with Gasteiger partial charge in [0.05, 0.1) is 5.69 Å². The summed E-state index contributed by atoms with van der Waals surface area (Å²) >= 11 is 0. The van der Waals surface area contributed by atoms with Crippen molar-refractivity contribution in [1.29, 1.82) is 0 Å². The molecule has 1 fully saturated rings. The molecule has 20 heavy (non-hydrogen) atoms. The molecule has 0 bridgehead atoms. The fraction of sp³-hybridized carbons (Fsp3) is 0.733. The monoisotopic (exact) mass is 277 g/mol. The van der Waals surface area contributed by atoms with Crippen molar-refractivity contribution in [3.8, 4) is 0 Å². The van der Waals surface area contributed by atoms with Crippen molar-refractivity contribution in [1.82, 2.24) is 20.4 Å². The van der Waals surface area contributed by atoms with Gasteiger partial charge in [-0.25, -0.2) is 0 Å². The minimum atomic E-state index is 0.538. The van der Waals surface area contributed by atoms with Gasteiger partial charge in [-0.3, -0.25) is 0 Å². The molecule has 0 radical (unpaired) electrons. The topological polar surface area (TPSA) is 44.3 Å². The first kappa shape index (κ1) is 15.2. The molecular weight excluding hydrogens is 250 g/mol. The summed E-state index contributed by atoms with van der Waals surface area (Å²) in [5.74, 6) is 1.02. The first-order valence-corrected chi connectivity index (χ1v) is 7.73. The summed E-state index contributed by atoms with van der Waals surface area (Å²) in [6.07, 6.45) is 2.33. The van der Waals surface area contributed by atoms with E-state index in [-0.39, 0.29) is 0 Å². The van der Waals surface area contributed by atoms with Gasteiger partial charge >= 0.3 is 0 Å². The first-order valence-electron chi connectivity index (χ1n) is 7.73. The number of nitrogens with zero attached hydrogens (tertiary/aromatic N) is 4.